The second-order valence-electron chi connectivity index (χ2n) is 4.38. The van der Waals surface area contributed by atoms with Crippen LogP contribution in [0.1, 0.15) is 20.8 Å². The Labute approximate surface area is 116 Å². The number of carbonyl (C=O) groups excluding carboxylic acids is 1. The minimum atomic E-state index is -4.39. The maximum atomic E-state index is 13.3. The van der Waals surface area contributed by atoms with E-state index in [1.54, 1.807) is 13.8 Å². The van der Waals surface area contributed by atoms with Crippen LogP contribution in [0.2, 0.25) is 0 Å². The Morgan fingerprint density at radius 2 is 1.95 bits per heavy atom. The number of hydrogen-bond donors (Lipinski definition) is 2. The van der Waals surface area contributed by atoms with E-state index in [1.165, 1.54) is 25.1 Å². The Kier molecular flexibility index (Phi) is 5.68. The monoisotopic (exact) mass is 305 g/mol. The van der Waals surface area contributed by atoms with Gasteiger partial charge in [-0.3, -0.25) is 4.79 Å². The molecule has 0 heterocycles. The van der Waals surface area contributed by atoms with Gasteiger partial charge < -0.3 is 14.2 Å². The Balaban J connectivity index is 2.68. The van der Waals surface area contributed by atoms with Gasteiger partial charge in [0.05, 0.1) is 6.10 Å². The smallest absolute Gasteiger partial charge is 0.456 e. The highest BCUT2D eigenvalue weighted by Crippen LogP contribution is 2.39. The predicted molar refractivity (Wildman–Crippen MR) is 70.7 cm³/mol. The molecule has 1 aromatic rings. The third-order valence-electron chi connectivity index (χ3n) is 2.12. The second kappa shape index (κ2) is 6.83. The van der Waals surface area contributed by atoms with Gasteiger partial charge in [0.15, 0.2) is 11.6 Å². The molecule has 0 aromatic heterocycles. The molecule has 8 heteroatoms. The Morgan fingerprint density at radius 1 is 1.35 bits per heavy atom. The van der Waals surface area contributed by atoms with Gasteiger partial charge in [0.25, 0.3) is 0 Å². The zero-order valence-electron chi connectivity index (χ0n) is 11.4. The lowest BCUT2D eigenvalue weighted by Crippen LogP contribution is -2.35. The van der Waals surface area contributed by atoms with Gasteiger partial charge in [-0.2, -0.15) is 5.09 Å². The SMILES string of the molecule is CC(C)OC(=O)[C@H](C)NP(=O)(O)Oc1ccccc1F. The number of nitrogens with one attached hydrogen (secondary N) is 1. The molecule has 0 amide bonds. The van der Waals surface area contributed by atoms with Crippen molar-refractivity contribution in [2.24, 2.45) is 0 Å². The fourth-order valence-corrected chi connectivity index (χ4v) is 2.37. The number of hydrogen-bond acceptors (Lipinski definition) is 4. The number of para-hydroxylation sites is 1. The minimum Gasteiger partial charge on any atom is -0.462 e. The molecular weight excluding hydrogens is 288 g/mol. The number of esters is 1. The summed E-state index contributed by atoms with van der Waals surface area (Å²) in [4.78, 5) is 21.1. The van der Waals surface area contributed by atoms with Crippen LogP contribution < -0.4 is 9.61 Å². The lowest BCUT2D eigenvalue weighted by Gasteiger charge is -2.19. The summed E-state index contributed by atoms with van der Waals surface area (Å²) < 4.78 is 34.6. The highest BCUT2D eigenvalue weighted by atomic mass is 31.2. The molecule has 0 bridgehead atoms. The van der Waals surface area contributed by atoms with Gasteiger partial charge in [-0.1, -0.05) is 12.1 Å². The molecule has 2 atom stereocenters. The van der Waals surface area contributed by atoms with E-state index in [4.69, 9.17) is 4.74 Å². The summed E-state index contributed by atoms with van der Waals surface area (Å²) in [5.41, 5.74) is 0. The van der Waals surface area contributed by atoms with Gasteiger partial charge in [-0.25, -0.2) is 8.96 Å². The van der Waals surface area contributed by atoms with Crippen molar-refractivity contribution >= 4 is 13.7 Å². The molecule has 1 rings (SSSR count). The van der Waals surface area contributed by atoms with Crippen LogP contribution in [-0.4, -0.2) is 23.0 Å². The molecule has 2 N–H and O–H groups in total. The van der Waals surface area contributed by atoms with Crippen LogP contribution in [0, 0.1) is 5.82 Å². The van der Waals surface area contributed by atoms with E-state index in [-0.39, 0.29) is 11.9 Å². The largest absolute Gasteiger partial charge is 0.462 e. The summed E-state index contributed by atoms with van der Waals surface area (Å²) in [5, 5.41) is 2.08. The molecule has 20 heavy (non-hydrogen) atoms. The van der Waals surface area contributed by atoms with Crippen molar-refractivity contribution in [3.8, 4) is 5.75 Å². The molecule has 0 aliphatic rings. The summed E-state index contributed by atoms with van der Waals surface area (Å²) in [7, 11) is -4.39. The van der Waals surface area contributed by atoms with E-state index >= 15 is 0 Å². The van der Waals surface area contributed by atoms with E-state index < -0.39 is 25.6 Å². The normalized spacial score (nSPS) is 15.5. The van der Waals surface area contributed by atoms with Crippen molar-refractivity contribution in [1.82, 2.24) is 5.09 Å². The molecule has 0 saturated heterocycles. The summed E-state index contributed by atoms with van der Waals surface area (Å²) in [5.74, 6) is -1.86. The van der Waals surface area contributed by atoms with Crippen molar-refractivity contribution in [1.29, 1.82) is 0 Å². The first-order valence-electron chi connectivity index (χ1n) is 5.96. The average Bonchev–Trinajstić information content (AvgIpc) is 2.30. The van der Waals surface area contributed by atoms with Gasteiger partial charge in [-0.15, -0.1) is 0 Å². The number of benzene rings is 1. The third kappa shape index (κ3) is 5.28. The van der Waals surface area contributed by atoms with Crippen molar-refractivity contribution in [3.05, 3.63) is 30.1 Å². The molecule has 0 radical (unpaired) electrons. The Bertz CT molecular complexity index is 522. The van der Waals surface area contributed by atoms with E-state index in [0.717, 1.165) is 6.07 Å². The lowest BCUT2D eigenvalue weighted by atomic mass is 10.3. The quantitative estimate of drug-likeness (QED) is 0.619. The van der Waals surface area contributed by atoms with Crippen molar-refractivity contribution in [3.63, 3.8) is 0 Å². The molecule has 0 spiro atoms. The fraction of sp³-hybridized carbons (Fsp3) is 0.417. The Morgan fingerprint density at radius 3 is 2.50 bits per heavy atom. The highest BCUT2D eigenvalue weighted by Gasteiger charge is 2.29. The van der Waals surface area contributed by atoms with Crippen LogP contribution in [0.3, 0.4) is 0 Å². The van der Waals surface area contributed by atoms with Gasteiger partial charge in [0, 0.05) is 0 Å². The maximum Gasteiger partial charge on any atom is 0.456 e. The van der Waals surface area contributed by atoms with E-state index in [1.807, 2.05) is 0 Å². The zero-order valence-corrected chi connectivity index (χ0v) is 12.3. The topological polar surface area (TPSA) is 84.9 Å². The summed E-state index contributed by atoms with van der Waals surface area (Å²) in [6, 6.07) is 4.10. The number of ether oxygens (including phenoxy) is 1. The molecular formula is C12H17FNO5P. The molecule has 0 aliphatic carbocycles. The van der Waals surface area contributed by atoms with Crippen LogP contribution in [0.25, 0.3) is 0 Å². The molecule has 112 valence electrons. The Hall–Kier alpha value is -1.43. The fourth-order valence-electron chi connectivity index (χ4n) is 1.31. The van der Waals surface area contributed by atoms with Crippen LogP contribution in [0.4, 0.5) is 4.39 Å². The number of halogens is 1. The van der Waals surface area contributed by atoms with Crippen molar-refractivity contribution in [2.45, 2.75) is 32.9 Å². The van der Waals surface area contributed by atoms with Gasteiger partial charge >= 0.3 is 13.7 Å². The van der Waals surface area contributed by atoms with Gasteiger partial charge in [-0.05, 0) is 32.9 Å². The highest BCUT2D eigenvalue weighted by molar-refractivity contribution is 7.51. The zero-order chi connectivity index (χ0) is 15.3. The first kappa shape index (κ1) is 16.6. The van der Waals surface area contributed by atoms with Crippen LogP contribution >= 0.6 is 7.75 Å². The average molecular weight is 305 g/mol. The first-order valence-corrected chi connectivity index (χ1v) is 7.54. The van der Waals surface area contributed by atoms with E-state index in [2.05, 4.69) is 9.61 Å². The van der Waals surface area contributed by atoms with Crippen LogP contribution in [-0.2, 0) is 14.1 Å². The standard InChI is InChI=1S/C12H17FNO5P/c1-8(2)18-12(15)9(3)14-20(16,17)19-11-7-5-4-6-10(11)13/h4-9H,1-3H3,(H2,14,16,17)/t9-/m0/s1. The predicted octanol–water partition coefficient (Wildman–Crippen LogP) is 2.23. The van der Waals surface area contributed by atoms with Crippen LogP contribution in [0.15, 0.2) is 24.3 Å². The van der Waals surface area contributed by atoms with Gasteiger partial charge in [0.2, 0.25) is 0 Å². The number of rotatable bonds is 6. The van der Waals surface area contributed by atoms with Crippen LogP contribution in [0.5, 0.6) is 5.75 Å². The first-order chi connectivity index (χ1) is 9.21. The molecule has 6 nitrogen and oxygen atoms in total. The molecule has 0 fully saturated rings. The van der Waals surface area contributed by atoms with Gasteiger partial charge in [0.1, 0.15) is 6.04 Å². The third-order valence-corrected chi connectivity index (χ3v) is 3.28. The van der Waals surface area contributed by atoms with Crippen molar-refractivity contribution < 1.29 is 27.9 Å². The van der Waals surface area contributed by atoms with Crippen molar-refractivity contribution in [2.75, 3.05) is 0 Å². The van der Waals surface area contributed by atoms with E-state index in [0.29, 0.717) is 0 Å². The second-order valence-corrected chi connectivity index (χ2v) is 5.86. The minimum absolute atomic E-state index is 0.350. The summed E-state index contributed by atoms with van der Waals surface area (Å²) in [6.45, 7) is 4.65. The summed E-state index contributed by atoms with van der Waals surface area (Å²) >= 11 is 0. The molecule has 0 aliphatic heterocycles. The number of carbonyl (C=O) groups is 1. The molecule has 1 aromatic carbocycles. The molecule has 0 saturated carbocycles. The maximum absolute atomic E-state index is 13.3. The van der Waals surface area contributed by atoms with E-state index in [9.17, 15) is 18.6 Å². The summed E-state index contributed by atoms with van der Waals surface area (Å²) in [6.07, 6.45) is -0.350. The molecule has 1 unspecified atom stereocenters. The lowest BCUT2D eigenvalue weighted by molar-refractivity contribution is -0.149.